The normalized spacial score (nSPS) is 27.9. The maximum atomic E-state index is 10.5. The van der Waals surface area contributed by atoms with Crippen LogP contribution in [0.15, 0.2) is 0 Å². The molecule has 0 aromatic carbocycles. The highest BCUT2D eigenvalue weighted by Crippen LogP contribution is 1.97. The van der Waals surface area contributed by atoms with Crippen LogP contribution in [-0.4, -0.2) is 18.4 Å². The molecule has 42 valence electrons. The first-order chi connectivity index (χ1) is 3.84. The highest BCUT2D eigenvalue weighted by atomic mass is 16.1. The smallest absolute Gasteiger partial charge is 0.165 e. The van der Waals surface area contributed by atoms with Crippen LogP contribution in [0.25, 0.3) is 0 Å². The van der Waals surface area contributed by atoms with Gasteiger partial charge in [0.25, 0.3) is 0 Å². The Labute approximate surface area is 47.3 Å². The van der Waals surface area contributed by atoms with E-state index in [0.29, 0.717) is 13.0 Å². The second kappa shape index (κ2) is 1.93. The number of carbonyl (C=O) groups is 1. The molecule has 0 bridgehead atoms. The Morgan fingerprint density at radius 2 is 2.62 bits per heavy atom. The molecule has 3 nitrogen and oxygen atoms in total. The molecule has 8 heavy (non-hydrogen) atoms. The minimum absolute atomic E-state index is 0.0208. The van der Waals surface area contributed by atoms with E-state index in [4.69, 9.17) is 5.26 Å². The Balaban J connectivity index is 2.58. The van der Waals surface area contributed by atoms with Crippen molar-refractivity contribution in [3.63, 3.8) is 0 Å². The van der Waals surface area contributed by atoms with E-state index in [1.54, 1.807) is 0 Å². The number of hydrogen-bond acceptors (Lipinski definition) is 3. The second-order valence-electron chi connectivity index (χ2n) is 1.73. The van der Waals surface area contributed by atoms with Gasteiger partial charge in [0.2, 0.25) is 0 Å². The van der Waals surface area contributed by atoms with Crippen LogP contribution in [0, 0.1) is 11.3 Å². The topological polar surface area (TPSA) is 52.9 Å². The molecule has 0 amide bonds. The summed E-state index contributed by atoms with van der Waals surface area (Å²) in [5.74, 6) is 0.0208. The molecule has 1 heterocycles. The van der Waals surface area contributed by atoms with E-state index in [1.165, 1.54) is 0 Å². The van der Waals surface area contributed by atoms with Crippen LogP contribution < -0.4 is 5.32 Å². The van der Waals surface area contributed by atoms with Gasteiger partial charge in [-0.1, -0.05) is 0 Å². The predicted molar refractivity (Wildman–Crippen MR) is 27.0 cm³/mol. The van der Waals surface area contributed by atoms with E-state index >= 15 is 0 Å². The molecule has 0 radical (unpaired) electrons. The highest BCUT2D eigenvalue weighted by molar-refractivity contribution is 5.88. The van der Waals surface area contributed by atoms with Gasteiger partial charge in [0, 0.05) is 13.0 Å². The highest BCUT2D eigenvalue weighted by Gasteiger charge is 2.22. The van der Waals surface area contributed by atoms with Gasteiger partial charge in [-0.2, -0.15) is 5.26 Å². The number of carbonyl (C=O) groups excluding carboxylic acids is 1. The number of rotatable bonds is 0. The third-order valence-electron chi connectivity index (χ3n) is 1.17. The first kappa shape index (κ1) is 5.26. The Bertz CT molecular complexity index is 147. The molecule has 3 heteroatoms. The Morgan fingerprint density at radius 3 is 2.88 bits per heavy atom. The number of nitrogens with zero attached hydrogens (tertiary/aromatic N) is 1. The van der Waals surface area contributed by atoms with E-state index in [9.17, 15) is 4.79 Å². The molecule has 1 aliphatic rings. The van der Waals surface area contributed by atoms with Crippen molar-refractivity contribution in [3.05, 3.63) is 0 Å². The summed E-state index contributed by atoms with van der Waals surface area (Å²) in [5.41, 5.74) is 0. The lowest BCUT2D eigenvalue weighted by Gasteiger charge is -1.90. The maximum Gasteiger partial charge on any atom is 0.165 e. The van der Waals surface area contributed by atoms with Crippen LogP contribution in [0.2, 0.25) is 0 Å². The third-order valence-corrected chi connectivity index (χ3v) is 1.17. The quantitative estimate of drug-likeness (QED) is 0.454. The van der Waals surface area contributed by atoms with E-state index in [1.807, 2.05) is 6.07 Å². The number of hydrogen-bond donors (Lipinski definition) is 1. The first-order valence-corrected chi connectivity index (χ1v) is 2.50. The summed E-state index contributed by atoms with van der Waals surface area (Å²) in [6.45, 7) is 0.664. The number of nitrogens with one attached hydrogen (secondary N) is 1. The molecule has 0 aromatic heterocycles. The first-order valence-electron chi connectivity index (χ1n) is 2.50. The van der Waals surface area contributed by atoms with E-state index in [2.05, 4.69) is 5.32 Å². The second-order valence-corrected chi connectivity index (χ2v) is 1.73. The maximum absolute atomic E-state index is 10.5. The fourth-order valence-electron chi connectivity index (χ4n) is 0.716. The summed E-state index contributed by atoms with van der Waals surface area (Å²) in [7, 11) is 0. The van der Waals surface area contributed by atoms with Gasteiger partial charge < -0.3 is 0 Å². The van der Waals surface area contributed by atoms with Crippen LogP contribution in [0.3, 0.4) is 0 Å². The molecule has 0 aliphatic carbocycles. The summed E-state index contributed by atoms with van der Waals surface area (Å²) in [5, 5.41) is 10.9. The van der Waals surface area contributed by atoms with Crippen molar-refractivity contribution in [1.82, 2.24) is 5.32 Å². The van der Waals surface area contributed by atoms with Crippen molar-refractivity contribution >= 4 is 5.78 Å². The molecular weight excluding hydrogens is 104 g/mol. The number of nitriles is 1. The van der Waals surface area contributed by atoms with E-state index in [0.717, 1.165) is 0 Å². The van der Waals surface area contributed by atoms with Gasteiger partial charge in [-0.05, 0) is 0 Å². The van der Waals surface area contributed by atoms with Gasteiger partial charge >= 0.3 is 0 Å². The predicted octanol–water partition coefficient (Wildman–Crippen LogP) is -0.559. The van der Waals surface area contributed by atoms with Crippen molar-refractivity contribution in [2.45, 2.75) is 12.5 Å². The Morgan fingerprint density at radius 1 is 1.88 bits per heavy atom. The summed E-state index contributed by atoms with van der Waals surface area (Å²) in [6, 6.07) is 1.33. The molecule has 1 saturated heterocycles. The zero-order chi connectivity index (χ0) is 5.98. The summed E-state index contributed by atoms with van der Waals surface area (Å²) >= 11 is 0. The minimum Gasteiger partial charge on any atom is -0.297 e. The van der Waals surface area contributed by atoms with Crippen molar-refractivity contribution in [3.8, 4) is 6.07 Å². The molecule has 0 saturated carbocycles. The zero-order valence-corrected chi connectivity index (χ0v) is 4.35. The number of Topliss-reactive ketones (excluding diaryl/α,β-unsaturated/α-hetero) is 1. The Hall–Kier alpha value is -0.880. The van der Waals surface area contributed by atoms with Crippen molar-refractivity contribution in [2.24, 2.45) is 0 Å². The van der Waals surface area contributed by atoms with Crippen molar-refractivity contribution in [2.75, 3.05) is 6.54 Å². The van der Waals surface area contributed by atoms with Crippen LogP contribution in [0.4, 0.5) is 0 Å². The van der Waals surface area contributed by atoms with Gasteiger partial charge in [0.15, 0.2) is 11.8 Å². The fourth-order valence-corrected chi connectivity index (χ4v) is 0.716. The molecule has 1 N–H and O–H groups in total. The molecule has 1 unspecified atom stereocenters. The molecular formula is C5H6N2O. The van der Waals surface area contributed by atoms with E-state index in [-0.39, 0.29) is 5.78 Å². The van der Waals surface area contributed by atoms with E-state index < -0.39 is 6.04 Å². The molecule has 0 spiro atoms. The average molecular weight is 110 g/mol. The zero-order valence-electron chi connectivity index (χ0n) is 4.35. The van der Waals surface area contributed by atoms with Gasteiger partial charge in [-0.25, -0.2) is 0 Å². The van der Waals surface area contributed by atoms with Crippen LogP contribution in [0.5, 0.6) is 0 Å². The largest absolute Gasteiger partial charge is 0.297 e. The van der Waals surface area contributed by atoms with Crippen molar-refractivity contribution in [1.29, 1.82) is 5.26 Å². The summed E-state index contributed by atoms with van der Waals surface area (Å²) in [4.78, 5) is 10.5. The molecule has 1 atom stereocenters. The third kappa shape index (κ3) is 0.703. The standard InChI is InChI=1S/C5H6N2O/c6-3-4-5(8)1-2-7-4/h4,7H,1-2H2. The van der Waals surface area contributed by atoms with Gasteiger partial charge in [-0.15, -0.1) is 0 Å². The van der Waals surface area contributed by atoms with Crippen molar-refractivity contribution < 1.29 is 4.79 Å². The van der Waals surface area contributed by atoms with Crippen LogP contribution >= 0.6 is 0 Å². The SMILES string of the molecule is N#CC1NCCC1=O. The monoisotopic (exact) mass is 110 g/mol. The number of ketones is 1. The van der Waals surface area contributed by atoms with Crippen LogP contribution in [0.1, 0.15) is 6.42 Å². The molecule has 1 fully saturated rings. The van der Waals surface area contributed by atoms with Gasteiger partial charge in [0.1, 0.15) is 0 Å². The van der Waals surface area contributed by atoms with Gasteiger partial charge in [0.05, 0.1) is 6.07 Å². The lowest BCUT2D eigenvalue weighted by atomic mass is 10.2. The average Bonchev–Trinajstić information content (AvgIpc) is 2.14. The molecule has 1 aliphatic heterocycles. The summed E-state index contributed by atoms with van der Waals surface area (Å²) < 4.78 is 0. The lowest BCUT2D eigenvalue weighted by Crippen LogP contribution is -2.24. The van der Waals surface area contributed by atoms with Gasteiger partial charge in [-0.3, -0.25) is 10.1 Å². The molecule has 0 aromatic rings. The van der Waals surface area contributed by atoms with Crippen LogP contribution in [-0.2, 0) is 4.79 Å². The fraction of sp³-hybridized carbons (Fsp3) is 0.600. The summed E-state index contributed by atoms with van der Waals surface area (Å²) in [6.07, 6.45) is 0.512. The lowest BCUT2D eigenvalue weighted by molar-refractivity contribution is -0.117. The minimum atomic E-state index is -0.519. The molecule has 1 rings (SSSR count). The Kier molecular flexibility index (Phi) is 1.27.